The van der Waals surface area contributed by atoms with Crippen LogP contribution in [-0.4, -0.2) is 19.6 Å². The molecule has 0 saturated carbocycles. The first-order valence-corrected chi connectivity index (χ1v) is 23.5. The number of imidazole rings is 1. The summed E-state index contributed by atoms with van der Waals surface area (Å²) in [7, 11) is 0. The van der Waals surface area contributed by atoms with Gasteiger partial charge in [0.25, 0.3) is 0 Å². The summed E-state index contributed by atoms with van der Waals surface area (Å²) in [5, 5.41) is 12.5. The molecule has 8 rings (SSSR count). The van der Waals surface area contributed by atoms with Crippen LogP contribution in [0, 0.1) is 13.0 Å². The number of aryl methyl sites for hydroxylation is 1. The third-order valence-electron chi connectivity index (χ3n) is 13.0. The van der Waals surface area contributed by atoms with Crippen LogP contribution in [0.15, 0.2) is 127 Å². The minimum absolute atomic E-state index is 0. The monoisotopic (exact) mass is 1080 g/mol. The average Bonchev–Trinajstić information content (AvgIpc) is 3.67. The van der Waals surface area contributed by atoms with E-state index in [9.17, 15) is 5.11 Å². The van der Waals surface area contributed by atoms with Crippen molar-refractivity contribution < 1.29 is 33.0 Å². The van der Waals surface area contributed by atoms with Crippen LogP contribution in [0.25, 0.3) is 72.7 Å². The average molecular weight is 1090 g/mol. The Morgan fingerprint density at radius 1 is 0.544 bits per heavy atom. The van der Waals surface area contributed by atoms with Crippen LogP contribution < -0.4 is 0 Å². The van der Waals surface area contributed by atoms with Crippen LogP contribution in [0.3, 0.4) is 0 Å². The van der Waals surface area contributed by atoms with Crippen LogP contribution in [0.1, 0.15) is 144 Å². The van der Waals surface area contributed by atoms with Gasteiger partial charge in [-0.05, 0) is 109 Å². The number of rotatable bonds is 6. The standard InChI is InChI=1S/C63H70N3O.Pt/c1-39-29-41(43-31-47(60(5,6)7)36-48(32-43)61(8,9)10)25-26-54(39)66-55-24-20-23-50(56(55)65-58(66)51-37-49(62(11,12)13)38-52(57(51)67)63(14,15)16)44-30-45(34-46(33-44)59(2,3)4)53-35-42(27-28-64-53)40-21-18-17-19-22-40;/h17-29,31-38,67H,1-16H3;/q-1;/i17D,18D,19D,21D,22D;. The largest absolute Gasteiger partial charge is 0.507 e. The Morgan fingerprint density at radius 2 is 1.12 bits per heavy atom. The Kier molecular flexibility index (Phi) is 11.6. The summed E-state index contributed by atoms with van der Waals surface area (Å²) >= 11 is 0. The van der Waals surface area contributed by atoms with Gasteiger partial charge in [-0.2, -0.15) is 0 Å². The van der Waals surface area contributed by atoms with Gasteiger partial charge in [-0.15, -0.1) is 29.3 Å². The van der Waals surface area contributed by atoms with E-state index in [1.54, 1.807) is 18.3 Å². The molecule has 6 aromatic carbocycles. The van der Waals surface area contributed by atoms with Gasteiger partial charge in [-0.25, -0.2) is 4.98 Å². The predicted molar refractivity (Wildman–Crippen MR) is 285 cm³/mol. The number of hydrogen-bond donors (Lipinski definition) is 1. The van der Waals surface area contributed by atoms with E-state index in [-0.39, 0.29) is 83.6 Å². The van der Waals surface area contributed by atoms with Crippen molar-refractivity contribution in [1.29, 1.82) is 0 Å². The van der Waals surface area contributed by atoms with Crippen LogP contribution in [-0.2, 0) is 48.1 Å². The van der Waals surface area contributed by atoms with Crippen molar-refractivity contribution in [3.63, 3.8) is 0 Å². The normalized spacial score (nSPS) is 13.7. The van der Waals surface area contributed by atoms with Gasteiger partial charge in [0.1, 0.15) is 11.6 Å². The molecule has 0 aliphatic heterocycles. The second kappa shape index (κ2) is 18.1. The molecule has 68 heavy (non-hydrogen) atoms. The summed E-state index contributed by atoms with van der Waals surface area (Å²) in [5.41, 5.74) is 14.5. The summed E-state index contributed by atoms with van der Waals surface area (Å²) in [6.45, 7) is 35.2. The smallest absolute Gasteiger partial charge is 0.148 e. The number of fused-ring (bicyclic) bond motifs is 1. The maximum atomic E-state index is 12.5. The number of benzene rings is 6. The second-order valence-corrected chi connectivity index (χ2v) is 23.5. The molecule has 354 valence electrons. The van der Waals surface area contributed by atoms with E-state index in [2.05, 4.69) is 200 Å². The Bertz CT molecular complexity index is 3400. The van der Waals surface area contributed by atoms with Crippen LogP contribution in [0.5, 0.6) is 5.75 Å². The van der Waals surface area contributed by atoms with Crippen molar-refractivity contribution in [2.24, 2.45) is 0 Å². The molecular formula is C63H70N3OPt-. The Morgan fingerprint density at radius 3 is 1.71 bits per heavy atom. The van der Waals surface area contributed by atoms with Crippen molar-refractivity contribution in [3.8, 4) is 67.5 Å². The zero-order valence-electron chi connectivity index (χ0n) is 47.8. The van der Waals surface area contributed by atoms with E-state index in [4.69, 9.17) is 16.8 Å². The molecule has 0 radical (unpaired) electrons. The predicted octanol–water partition coefficient (Wildman–Crippen LogP) is 17.1. The minimum Gasteiger partial charge on any atom is -0.507 e. The quantitative estimate of drug-likeness (QED) is 0.169. The Labute approximate surface area is 428 Å². The van der Waals surface area contributed by atoms with Gasteiger partial charge in [0.15, 0.2) is 0 Å². The van der Waals surface area contributed by atoms with Crippen molar-refractivity contribution in [3.05, 3.63) is 167 Å². The van der Waals surface area contributed by atoms with E-state index in [0.29, 0.717) is 28.2 Å². The van der Waals surface area contributed by atoms with Gasteiger partial charge in [0.05, 0.1) is 29.1 Å². The fourth-order valence-electron chi connectivity index (χ4n) is 8.71. The first-order chi connectivity index (χ1) is 33.2. The molecule has 0 atom stereocenters. The first-order valence-electron chi connectivity index (χ1n) is 26.0. The molecule has 8 aromatic rings. The molecule has 4 nitrogen and oxygen atoms in total. The number of phenols is 1. The molecule has 0 fully saturated rings. The third-order valence-corrected chi connectivity index (χ3v) is 13.0. The molecule has 1 N–H and O–H groups in total. The van der Waals surface area contributed by atoms with Crippen molar-refractivity contribution in [2.75, 3.05) is 0 Å². The molecule has 0 unspecified atom stereocenters. The number of pyridine rings is 1. The summed E-state index contributed by atoms with van der Waals surface area (Å²) in [6, 6.07) is 33.8. The number of aromatic nitrogens is 3. The van der Waals surface area contributed by atoms with Crippen molar-refractivity contribution in [1.82, 2.24) is 14.5 Å². The van der Waals surface area contributed by atoms with E-state index in [1.165, 1.54) is 16.7 Å². The summed E-state index contributed by atoms with van der Waals surface area (Å²) in [4.78, 5) is 10.4. The van der Waals surface area contributed by atoms with E-state index in [1.807, 2.05) is 0 Å². The summed E-state index contributed by atoms with van der Waals surface area (Å²) in [6.07, 6.45) is 1.61. The first kappa shape index (κ1) is 43.7. The molecule has 0 spiro atoms. The zero-order valence-corrected chi connectivity index (χ0v) is 45.1. The summed E-state index contributed by atoms with van der Waals surface area (Å²) in [5.74, 6) is 0.817. The molecule has 0 saturated heterocycles. The third kappa shape index (κ3) is 10.1. The van der Waals surface area contributed by atoms with E-state index >= 15 is 0 Å². The molecule has 0 bridgehead atoms. The molecular weight excluding hydrogens is 1010 g/mol. The van der Waals surface area contributed by atoms with Gasteiger partial charge in [0.2, 0.25) is 0 Å². The number of nitrogens with zero attached hydrogens (tertiary/aromatic N) is 3. The maximum Gasteiger partial charge on any atom is 0.148 e. The molecule has 0 amide bonds. The molecule has 0 aliphatic rings. The number of phenolic OH excluding ortho intramolecular Hbond substituents is 1. The molecule has 5 heteroatoms. The van der Waals surface area contributed by atoms with E-state index < -0.39 is 6.04 Å². The van der Waals surface area contributed by atoms with Crippen molar-refractivity contribution in [2.45, 2.75) is 138 Å². The van der Waals surface area contributed by atoms with Gasteiger partial charge in [0, 0.05) is 38.5 Å². The van der Waals surface area contributed by atoms with Crippen LogP contribution >= 0.6 is 0 Å². The van der Waals surface area contributed by atoms with Crippen LogP contribution in [0.4, 0.5) is 0 Å². The summed E-state index contributed by atoms with van der Waals surface area (Å²) < 4.78 is 44.5. The SMILES string of the molecule is [2H]c1c([2H])c([2H])c(-c2ccnc(-c3[c-]c(-c4cccc5c4nc(-c4cc(C(C)(C)C)cc(C(C)(C)C)c4O)n5-c4ccc(-c5cc(C(C)(C)C)cc(C(C)(C)C)c5)cc4C)cc(C(C)(C)C)c3)c2)c([2H])c1[2H].[Pt]. The number of hydrogen-bond acceptors (Lipinski definition) is 3. The second-order valence-electron chi connectivity index (χ2n) is 23.5. The van der Waals surface area contributed by atoms with E-state index in [0.717, 1.165) is 55.7 Å². The fraction of sp³-hybridized carbons (Fsp3) is 0.333. The minimum atomic E-state index is -0.436. The van der Waals surface area contributed by atoms with Gasteiger partial charge in [-0.3, -0.25) is 9.55 Å². The number of aromatic hydroxyl groups is 1. The molecule has 2 heterocycles. The molecule has 0 aliphatic carbocycles. The topological polar surface area (TPSA) is 50.9 Å². The maximum absolute atomic E-state index is 12.5. The van der Waals surface area contributed by atoms with Gasteiger partial charge < -0.3 is 5.11 Å². The zero-order chi connectivity index (χ0) is 52.9. The molecule has 2 aromatic heterocycles. The van der Waals surface area contributed by atoms with Gasteiger partial charge >= 0.3 is 0 Å². The van der Waals surface area contributed by atoms with Crippen LogP contribution in [0.2, 0.25) is 0 Å². The van der Waals surface area contributed by atoms with Gasteiger partial charge in [-0.1, -0.05) is 194 Å². The Balaban J connectivity index is 0.00000780. The number of para-hydroxylation sites is 1. The fourth-order valence-corrected chi connectivity index (χ4v) is 8.71. The van der Waals surface area contributed by atoms with Crippen molar-refractivity contribution >= 4 is 11.0 Å². The Hall–Kier alpha value is -5.57.